The Morgan fingerprint density at radius 1 is 1.06 bits per heavy atom. The fourth-order valence-corrected chi connectivity index (χ4v) is 6.32. The number of allylic oxidation sites excluding steroid dienone is 1. The van der Waals surface area contributed by atoms with Gasteiger partial charge in [-0.1, -0.05) is 24.6 Å². The molecule has 1 unspecified atom stereocenters. The molecule has 2 aromatic heterocycles. The molecule has 1 aliphatic heterocycles. The van der Waals surface area contributed by atoms with E-state index in [4.69, 9.17) is 0 Å². The van der Waals surface area contributed by atoms with Gasteiger partial charge in [-0.15, -0.1) is 0 Å². The molecule has 1 fully saturated rings. The van der Waals surface area contributed by atoms with Crippen molar-refractivity contribution in [3.8, 4) is 0 Å². The predicted octanol–water partition coefficient (Wildman–Crippen LogP) is 2.89. The van der Waals surface area contributed by atoms with Crippen molar-refractivity contribution in [1.29, 1.82) is 0 Å². The molecule has 0 radical (unpaired) electrons. The first-order valence-corrected chi connectivity index (χ1v) is 13.9. The number of fused-ring (bicyclic) bond motifs is 1. The lowest BCUT2D eigenvalue weighted by Crippen LogP contribution is -2.40. The van der Waals surface area contributed by atoms with E-state index in [1.807, 2.05) is 6.08 Å². The third-order valence-corrected chi connectivity index (χ3v) is 8.88. The minimum Gasteiger partial charge on any atom is -0.465 e. The molecule has 2 amide bonds. The molecule has 2 aliphatic rings. The van der Waals surface area contributed by atoms with E-state index in [0.717, 1.165) is 24.1 Å². The molecule has 1 saturated heterocycles. The molecule has 0 saturated carbocycles. The van der Waals surface area contributed by atoms with Crippen molar-refractivity contribution < 1.29 is 23.1 Å². The summed E-state index contributed by atoms with van der Waals surface area (Å²) in [5.41, 5.74) is 2.15. The fourth-order valence-electron chi connectivity index (χ4n) is 4.56. The second-order valence-corrected chi connectivity index (χ2v) is 11.3. The van der Waals surface area contributed by atoms with Crippen LogP contribution in [-0.2, 0) is 10.0 Å². The van der Waals surface area contributed by atoms with E-state index in [2.05, 4.69) is 10.3 Å². The van der Waals surface area contributed by atoms with Gasteiger partial charge in [0.25, 0.3) is 5.91 Å². The van der Waals surface area contributed by atoms with Gasteiger partial charge in [-0.05, 0) is 49.8 Å². The zero-order valence-electron chi connectivity index (χ0n) is 20.3. The van der Waals surface area contributed by atoms with Crippen LogP contribution in [0.5, 0.6) is 0 Å². The Balaban J connectivity index is 1.31. The van der Waals surface area contributed by atoms with Crippen LogP contribution in [0.3, 0.4) is 0 Å². The zero-order valence-corrected chi connectivity index (χ0v) is 21.1. The fraction of sp³-hybridized carbons (Fsp3) is 0.480. The number of carbonyl (C=O) groups is 2. The Kier molecular flexibility index (Phi) is 8.42. The van der Waals surface area contributed by atoms with Crippen molar-refractivity contribution >= 4 is 27.7 Å². The van der Waals surface area contributed by atoms with Crippen molar-refractivity contribution in [3.05, 3.63) is 60.1 Å². The quantitative estimate of drug-likeness (QED) is 0.631. The lowest BCUT2D eigenvalue weighted by Gasteiger charge is -2.27. The van der Waals surface area contributed by atoms with Gasteiger partial charge >= 0.3 is 6.09 Å². The third-order valence-electron chi connectivity index (χ3n) is 6.68. The molecule has 2 N–H and O–H groups in total. The summed E-state index contributed by atoms with van der Waals surface area (Å²) in [6.07, 6.45) is 13.5. The molecule has 11 heteroatoms. The van der Waals surface area contributed by atoms with Crippen LogP contribution in [0.25, 0.3) is 5.65 Å². The number of nitrogens with one attached hydrogen (secondary N) is 1. The summed E-state index contributed by atoms with van der Waals surface area (Å²) in [6.45, 7) is 2.09. The molecular formula is C25H33N5O5S. The van der Waals surface area contributed by atoms with Crippen molar-refractivity contribution in [3.63, 3.8) is 0 Å². The van der Waals surface area contributed by atoms with Crippen LogP contribution < -0.4 is 5.32 Å². The monoisotopic (exact) mass is 515 g/mol. The number of hydrogen-bond donors (Lipinski definition) is 2. The molecule has 1 atom stereocenters. The average Bonchev–Trinajstić information content (AvgIpc) is 3.32. The highest BCUT2D eigenvalue weighted by Gasteiger charge is 2.30. The average molecular weight is 516 g/mol. The van der Waals surface area contributed by atoms with Crippen molar-refractivity contribution in [1.82, 2.24) is 23.9 Å². The van der Waals surface area contributed by atoms with Gasteiger partial charge in [0.1, 0.15) is 5.65 Å². The summed E-state index contributed by atoms with van der Waals surface area (Å²) in [4.78, 5) is 29.5. The van der Waals surface area contributed by atoms with Crippen LogP contribution in [0.1, 0.15) is 48.9 Å². The summed E-state index contributed by atoms with van der Waals surface area (Å²) in [6, 6.07) is 3.50. The Labute approximate surface area is 211 Å². The van der Waals surface area contributed by atoms with E-state index in [-0.39, 0.29) is 5.91 Å². The molecule has 1 aliphatic carbocycles. The van der Waals surface area contributed by atoms with Crippen molar-refractivity contribution in [2.75, 3.05) is 32.7 Å². The van der Waals surface area contributed by atoms with Crippen LogP contribution in [-0.4, -0.2) is 82.1 Å². The highest BCUT2D eigenvalue weighted by Crippen LogP contribution is 2.22. The SMILES string of the molecule is O=C(NCC1=CCC(S(=O)(=O)N2CCCCCN(C(=O)O)CCCC2)C=C1)c1ccc2nccn2c1. The summed E-state index contributed by atoms with van der Waals surface area (Å²) < 4.78 is 30.1. The van der Waals surface area contributed by atoms with E-state index in [1.165, 1.54) is 4.90 Å². The van der Waals surface area contributed by atoms with Gasteiger partial charge in [0.05, 0.1) is 10.8 Å². The highest BCUT2D eigenvalue weighted by molar-refractivity contribution is 7.89. The Morgan fingerprint density at radius 2 is 1.78 bits per heavy atom. The Morgan fingerprint density at radius 3 is 2.50 bits per heavy atom. The van der Waals surface area contributed by atoms with E-state index in [9.17, 15) is 23.1 Å². The number of hydrogen-bond acceptors (Lipinski definition) is 5. The number of pyridine rings is 1. The maximum absolute atomic E-state index is 13.4. The molecule has 2 aromatic rings. The smallest absolute Gasteiger partial charge is 0.407 e. The molecule has 36 heavy (non-hydrogen) atoms. The van der Waals surface area contributed by atoms with E-state index >= 15 is 0 Å². The molecule has 194 valence electrons. The largest absolute Gasteiger partial charge is 0.465 e. The molecule has 10 nitrogen and oxygen atoms in total. The van der Waals surface area contributed by atoms with Gasteiger partial charge in [-0.25, -0.2) is 22.5 Å². The van der Waals surface area contributed by atoms with Crippen LogP contribution >= 0.6 is 0 Å². The molecule has 4 rings (SSSR count). The number of rotatable bonds is 5. The van der Waals surface area contributed by atoms with E-state index in [1.54, 1.807) is 51.6 Å². The van der Waals surface area contributed by atoms with Gasteiger partial charge in [0, 0.05) is 51.3 Å². The topological polar surface area (TPSA) is 124 Å². The third kappa shape index (κ3) is 6.33. The second kappa shape index (κ2) is 11.7. The lowest BCUT2D eigenvalue weighted by atomic mass is 10.1. The number of nitrogens with zero attached hydrogens (tertiary/aromatic N) is 4. The van der Waals surface area contributed by atoms with Crippen molar-refractivity contribution in [2.24, 2.45) is 0 Å². The second-order valence-electron chi connectivity index (χ2n) is 9.19. The first-order valence-electron chi connectivity index (χ1n) is 12.4. The van der Waals surface area contributed by atoms with Crippen LogP contribution in [0, 0.1) is 0 Å². The van der Waals surface area contributed by atoms with Crippen LogP contribution in [0.4, 0.5) is 4.79 Å². The van der Waals surface area contributed by atoms with Gasteiger partial charge in [-0.2, -0.15) is 0 Å². The van der Waals surface area contributed by atoms with Gasteiger partial charge in [-0.3, -0.25) is 4.79 Å². The summed E-state index contributed by atoms with van der Waals surface area (Å²) in [5, 5.41) is 11.5. The Hall–Kier alpha value is -3.18. The van der Waals surface area contributed by atoms with Gasteiger partial charge < -0.3 is 19.7 Å². The van der Waals surface area contributed by atoms with Crippen molar-refractivity contribution in [2.45, 2.75) is 43.8 Å². The molecule has 3 heterocycles. The maximum atomic E-state index is 13.4. The highest BCUT2D eigenvalue weighted by atomic mass is 32.2. The summed E-state index contributed by atoms with van der Waals surface area (Å²) in [5.74, 6) is -0.209. The van der Waals surface area contributed by atoms with Gasteiger partial charge in [0.2, 0.25) is 10.0 Å². The minimum atomic E-state index is -3.53. The number of aromatic nitrogens is 2. The minimum absolute atomic E-state index is 0.209. The lowest BCUT2D eigenvalue weighted by molar-refractivity contribution is 0.0956. The molecular weight excluding hydrogens is 482 g/mol. The first kappa shape index (κ1) is 25.9. The van der Waals surface area contributed by atoms with Crippen LogP contribution in [0.2, 0.25) is 0 Å². The number of carboxylic acid groups (broad SMARTS) is 1. The van der Waals surface area contributed by atoms with E-state index in [0.29, 0.717) is 64.0 Å². The normalized spacial score (nSPS) is 20.5. The zero-order chi connectivity index (χ0) is 25.5. The number of amides is 2. The number of sulfonamides is 1. The van der Waals surface area contributed by atoms with E-state index < -0.39 is 21.4 Å². The van der Waals surface area contributed by atoms with Crippen LogP contribution in [0.15, 0.2) is 54.5 Å². The molecule has 0 aromatic carbocycles. The number of imidazole rings is 1. The number of carbonyl (C=O) groups excluding carboxylic acids is 1. The standard InChI is InChI=1S/C25H33N5O5S/c31-24(21-8-11-23-26-12-17-29(23)19-21)27-18-20-6-9-22(10-7-20)36(34,35)30-15-3-1-2-13-28(25(32)33)14-4-5-16-30/h6-9,11-12,17,19,22H,1-5,10,13-16,18H2,(H,27,31)(H,32,33). The first-order chi connectivity index (χ1) is 17.3. The summed E-state index contributed by atoms with van der Waals surface area (Å²) >= 11 is 0. The molecule has 0 bridgehead atoms. The molecule has 0 spiro atoms. The predicted molar refractivity (Wildman–Crippen MR) is 136 cm³/mol. The van der Waals surface area contributed by atoms with Gasteiger partial charge in [0.15, 0.2) is 0 Å². The summed E-state index contributed by atoms with van der Waals surface area (Å²) in [7, 11) is -3.53. The Bertz CT molecular complexity index is 1250. The maximum Gasteiger partial charge on any atom is 0.407 e.